The topological polar surface area (TPSA) is 40.5 Å². The maximum absolute atomic E-state index is 7.71. The van der Waals surface area contributed by atoms with Gasteiger partial charge >= 0.3 is 9.28 Å². The van der Waals surface area contributed by atoms with Gasteiger partial charge in [0.1, 0.15) is 0 Å². The summed E-state index contributed by atoms with van der Waals surface area (Å²) in [6.45, 7) is 1.38. The van der Waals surface area contributed by atoms with Gasteiger partial charge in [-0.3, -0.25) is 0 Å². The molecule has 0 atom stereocenters. The second-order valence-electron chi connectivity index (χ2n) is 0.547. The van der Waals surface area contributed by atoms with Crippen molar-refractivity contribution in [1.82, 2.24) is 0 Å². The Balaban J connectivity index is 0. The molecule has 28 valence electrons. The summed E-state index contributed by atoms with van der Waals surface area (Å²) < 4.78 is 0. The van der Waals surface area contributed by atoms with Crippen LogP contribution in [0.4, 0.5) is 0 Å². The largest absolute Gasteiger partial charge is 0.410 e. The Kier molecular flexibility index (Phi) is 9.99. The number of hydrogen-bond donors (Lipinski definition) is 2. The van der Waals surface area contributed by atoms with Gasteiger partial charge in [-0.2, -0.15) is 0 Å². The molecule has 2 N–H and O–H groups in total. The van der Waals surface area contributed by atoms with E-state index in [1.807, 2.05) is 0 Å². The van der Waals surface area contributed by atoms with Crippen LogP contribution in [-0.4, -0.2) is 18.9 Å². The first-order valence-electron chi connectivity index (χ1n) is 0.947. The van der Waals surface area contributed by atoms with E-state index < -0.39 is 9.28 Å². The van der Waals surface area contributed by atoms with Crippen molar-refractivity contribution in [2.75, 3.05) is 0 Å². The minimum Gasteiger partial charge on any atom is -0.410 e. The minimum absolute atomic E-state index is 0. The van der Waals surface area contributed by atoms with E-state index in [-0.39, 0.29) is 32.7 Å². The molecule has 0 aromatic heterocycles. The predicted molar refractivity (Wildman–Crippen MR) is 16.1 cm³/mol. The SMILES string of the molecule is C[Si](O)O.[Y]. The molecule has 0 heterocycles. The molecule has 5 heavy (non-hydrogen) atoms. The van der Waals surface area contributed by atoms with Crippen molar-refractivity contribution in [3.63, 3.8) is 0 Å². The Morgan fingerprint density at radius 3 is 1.40 bits per heavy atom. The van der Waals surface area contributed by atoms with Gasteiger partial charge in [0.05, 0.1) is 0 Å². The average Bonchev–Trinajstić information content (AvgIpc) is 0.811. The fourth-order valence-corrected chi connectivity index (χ4v) is 0. The molecule has 0 saturated carbocycles. The van der Waals surface area contributed by atoms with Crippen molar-refractivity contribution in [3.05, 3.63) is 0 Å². The minimum atomic E-state index is -1.88. The molecular weight excluding hydrogens is 161 g/mol. The molecule has 0 aliphatic carbocycles. The van der Waals surface area contributed by atoms with Crippen LogP contribution >= 0.6 is 0 Å². The molecular formula is CH5O2SiY. The van der Waals surface area contributed by atoms with E-state index in [0.29, 0.717) is 0 Å². The zero-order valence-electron chi connectivity index (χ0n) is 2.97. The molecule has 0 saturated heterocycles. The quantitative estimate of drug-likeness (QED) is 0.457. The van der Waals surface area contributed by atoms with Crippen LogP contribution in [0, 0.1) is 0 Å². The van der Waals surface area contributed by atoms with Gasteiger partial charge in [0.25, 0.3) is 0 Å². The Morgan fingerprint density at radius 2 is 1.40 bits per heavy atom. The van der Waals surface area contributed by atoms with E-state index in [4.69, 9.17) is 9.59 Å². The Morgan fingerprint density at radius 1 is 1.40 bits per heavy atom. The molecule has 0 bridgehead atoms. The standard InChI is InChI=1S/CH5O2Si.Y/c1-4(2)3;/h2-3H,1H3;. The molecule has 0 unspecified atom stereocenters. The third kappa shape index (κ3) is 35.8. The van der Waals surface area contributed by atoms with Gasteiger partial charge in [-0.1, -0.05) is 0 Å². The van der Waals surface area contributed by atoms with Crippen LogP contribution in [-0.2, 0) is 32.7 Å². The zero-order valence-corrected chi connectivity index (χ0v) is 6.81. The van der Waals surface area contributed by atoms with E-state index in [1.165, 1.54) is 6.55 Å². The van der Waals surface area contributed by atoms with E-state index in [2.05, 4.69) is 0 Å². The van der Waals surface area contributed by atoms with Crippen molar-refractivity contribution in [2.45, 2.75) is 6.55 Å². The first kappa shape index (κ1) is 9.53. The van der Waals surface area contributed by atoms with Gasteiger partial charge in [0, 0.05) is 32.7 Å². The van der Waals surface area contributed by atoms with E-state index in [0.717, 1.165) is 0 Å². The molecule has 0 aliphatic heterocycles. The van der Waals surface area contributed by atoms with Crippen molar-refractivity contribution in [3.8, 4) is 0 Å². The van der Waals surface area contributed by atoms with Crippen molar-refractivity contribution >= 4 is 9.28 Å². The maximum atomic E-state index is 7.71. The van der Waals surface area contributed by atoms with Crippen LogP contribution in [0.15, 0.2) is 0 Å². The second-order valence-corrected chi connectivity index (χ2v) is 1.64. The molecule has 0 fully saturated rings. The molecule has 2 radical (unpaired) electrons. The summed E-state index contributed by atoms with van der Waals surface area (Å²) >= 11 is 0. The molecule has 0 aliphatic rings. The van der Waals surface area contributed by atoms with Crippen LogP contribution in [0.25, 0.3) is 0 Å². The summed E-state index contributed by atoms with van der Waals surface area (Å²) in [5.41, 5.74) is 0. The van der Waals surface area contributed by atoms with Gasteiger partial charge in [0.2, 0.25) is 0 Å². The fraction of sp³-hybridized carbons (Fsp3) is 1.00. The van der Waals surface area contributed by atoms with Crippen LogP contribution < -0.4 is 0 Å². The van der Waals surface area contributed by atoms with Crippen LogP contribution in [0.1, 0.15) is 0 Å². The molecule has 0 rings (SSSR count). The fourth-order valence-electron chi connectivity index (χ4n) is 0. The van der Waals surface area contributed by atoms with Crippen molar-refractivity contribution in [2.24, 2.45) is 0 Å². The summed E-state index contributed by atoms with van der Waals surface area (Å²) in [5.74, 6) is 0. The summed E-state index contributed by atoms with van der Waals surface area (Å²) in [7, 11) is -1.88. The predicted octanol–water partition coefficient (Wildman–Crippen LogP) is -0.913. The molecule has 0 spiro atoms. The molecule has 0 aromatic rings. The molecule has 4 heteroatoms. The van der Waals surface area contributed by atoms with Crippen molar-refractivity contribution < 1.29 is 42.3 Å². The van der Waals surface area contributed by atoms with Crippen molar-refractivity contribution in [1.29, 1.82) is 0 Å². The molecule has 2 nitrogen and oxygen atoms in total. The summed E-state index contributed by atoms with van der Waals surface area (Å²) in [6, 6.07) is 0. The number of rotatable bonds is 0. The van der Waals surface area contributed by atoms with Gasteiger partial charge in [-0.05, 0) is 6.55 Å². The van der Waals surface area contributed by atoms with Gasteiger partial charge < -0.3 is 9.59 Å². The van der Waals surface area contributed by atoms with Crippen LogP contribution in [0.3, 0.4) is 0 Å². The number of hydrogen-bond acceptors (Lipinski definition) is 2. The van der Waals surface area contributed by atoms with Crippen LogP contribution in [0.2, 0.25) is 6.55 Å². The molecule has 0 amide bonds. The smallest absolute Gasteiger partial charge is 0.375 e. The normalized spacial score (nSPS) is 7.20. The maximum Gasteiger partial charge on any atom is 0.375 e. The summed E-state index contributed by atoms with van der Waals surface area (Å²) in [5, 5.41) is 0. The Bertz CT molecular complexity index is 14.4. The summed E-state index contributed by atoms with van der Waals surface area (Å²) in [6.07, 6.45) is 0. The first-order valence-corrected chi connectivity index (χ1v) is 2.84. The Labute approximate surface area is 57.9 Å². The van der Waals surface area contributed by atoms with Gasteiger partial charge in [-0.25, -0.2) is 0 Å². The molecule has 0 aromatic carbocycles. The Hall–Kier alpha value is 1.24. The van der Waals surface area contributed by atoms with E-state index >= 15 is 0 Å². The first-order chi connectivity index (χ1) is 1.73. The average molecular weight is 166 g/mol. The summed E-state index contributed by atoms with van der Waals surface area (Å²) in [4.78, 5) is 15.4. The third-order valence-electron chi connectivity index (χ3n) is 0. The third-order valence-corrected chi connectivity index (χ3v) is 0. The van der Waals surface area contributed by atoms with Crippen LogP contribution in [0.5, 0.6) is 0 Å². The van der Waals surface area contributed by atoms with Gasteiger partial charge in [-0.15, -0.1) is 0 Å². The second kappa shape index (κ2) is 5.24. The monoisotopic (exact) mass is 166 g/mol. The van der Waals surface area contributed by atoms with E-state index in [1.54, 1.807) is 0 Å². The van der Waals surface area contributed by atoms with E-state index in [9.17, 15) is 0 Å². The zero-order chi connectivity index (χ0) is 3.58. The van der Waals surface area contributed by atoms with Gasteiger partial charge in [0.15, 0.2) is 0 Å².